The van der Waals surface area contributed by atoms with Gasteiger partial charge in [-0.1, -0.05) is 39.7 Å². The van der Waals surface area contributed by atoms with Crippen LogP contribution < -0.4 is 10.6 Å². The predicted octanol–water partition coefficient (Wildman–Crippen LogP) is 5.08. The molecular formula is C16H13BrClN5. The van der Waals surface area contributed by atoms with Crippen molar-refractivity contribution in [3.05, 3.63) is 63.7 Å². The van der Waals surface area contributed by atoms with Crippen LogP contribution >= 0.6 is 27.5 Å². The number of anilines is 4. The summed E-state index contributed by atoms with van der Waals surface area (Å²) in [4.78, 5) is 4.39. The van der Waals surface area contributed by atoms with Crippen LogP contribution in [-0.4, -0.2) is 15.2 Å². The van der Waals surface area contributed by atoms with Gasteiger partial charge in [0.05, 0.1) is 6.20 Å². The summed E-state index contributed by atoms with van der Waals surface area (Å²) < 4.78 is 1.03. The average Bonchev–Trinajstić information content (AvgIpc) is 2.51. The monoisotopic (exact) mass is 389 g/mol. The van der Waals surface area contributed by atoms with Crippen molar-refractivity contribution in [2.75, 3.05) is 10.6 Å². The number of aryl methyl sites for hydroxylation is 1. The first-order chi connectivity index (χ1) is 11.1. The molecule has 0 atom stereocenters. The number of benzene rings is 2. The van der Waals surface area contributed by atoms with Gasteiger partial charge in [0.1, 0.15) is 0 Å². The van der Waals surface area contributed by atoms with E-state index in [0.717, 1.165) is 15.8 Å². The Labute approximate surface area is 147 Å². The molecule has 3 aromatic rings. The van der Waals surface area contributed by atoms with Gasteiger partial charge in [0.2, 0.25) is 5.95 Å². The summed E-state index contributed by atoms with van der Waals surface area (Å²) in [5, 5.41) is 14.8. The summed E-state index contributed by atoms with van der Waals surface area (Å²) in [5.74, 6) is 0.990. The fourth-order valence-corrected chi connectivity index (χ4v) is 2.50. The van der Waals surface area contributed by atoms with Crippen molar-refractivity contribution in [2.24, 2.45) is 0 Å². The molecule has 0 spiro atoms. The quantitative estimate of drug-likeness (QED) is 0.650. The first kappa shape index (κ1) is 15.7. The molecule has 0 unspecified atom stereocenters. The van der Waals surface area contributed by atoms with Crippen LogP contribution in [-0.2, 0) is 0 Å². The zero-order valence-electron chi connectivity index (χ0n) is 12.2. The molecule has 0 saturated heterocycles. The minimum Gasteiger partial charge on any atom is -0.339 e. The molecule has 0 amide bonds. The Bertz CT molecular complexity index is 840. The maximum absolute atomic E-state index is 5.96. The number of halogens is 2. The van der Waals surface area contributed by atoms with E-state index in [1.807, 2.05) is 37.3 Å². The summed E-state index contributed by atoms with van der Waals surface area (Å²) in [5.41, 5.74) is 2.88. The van der Waals surface area contributed by atoms with Crippen LogP contribution in [0.25, 0.3) is 0 Å². The van der Waals surface area contributed by atoms with E-state index in [-0.39, 0.29) is 0 Å². The third-order valence-corrected chi connectivity index (χ3v) is 4.17. The normalized spacial score (nSPS) is 10.4. The number of aromatic nitrogens is 3. The van der Waals surface area contributed by atoms with Gasteiger partial charge in [-0.2, -0.15) is 10.1 Å². The lowest BCUT2D eigenvalue weighted by Crippen LogP contribution is -2.02. The van der Waals surface area contributed by atoms with Crippen molar-refractivity contribution in [1.82, 2.24) is 15.2 Å². The molecule has 0 fully saturated rings. The standard InChI is InChI=1S/C16H13BrClN5/c1-10-5-6-13(8-14(10)17)20-15-9-19-23-16(22-15)21-12-4-2-3-11(18)7-12/h2-9H,1H3,(H2,20,21,22,23). The second kappa shape index (κ2) is 6.93. The van der Waals surface area contributed by atoms with Gasteiger partial charge in [-0.05, 0) is 42.8 Å². The van der Waals surface area contributed by atoms with Gasteiger partial charge in [-0.25, -0.2) is 0 Å². The lowest BCUT2D eigenvalue weighted by atomic mass is 10.2. The molecule has 23 heavy (non-hydrogen) atoms. The molecule has 0 radical (unpaired) electrons. The zero-order chi connectivity index (χ0) is 16.2. The Morgan fingerprint density at radius 1 is 1.04 bits per heavy atom. The van der Waals surface area contributed by atoms with Crippen molar-refractivity contribution in [3.63, 3.8) is 0 Å². The molecule has 0 bridgehead atoms. The molecule has 116 valence electrons. The molecule has 0 aliphatic carbocycles. The maximum Gasteiger partial charge on any atom is 0.249 e. The van der Waals surface area contributed by atoms with Crippen LogP contribution in [0, 0.1) is 6.92 Å². The minimum atomic E-state index is 0.392. The Kier molecular flexibility index (Phi) is 4.73. The molecular weight excluding hydrogens is 378 g/mol. The van der Waals surface area contributed by atoms with E-state index in [2.05, 4.69) is 41.7 Å². The summed E-state index contributed by atoms with van der Waals surface area (Å²) in [6.45, 7) is 2.03. The molecule has 2 aromatic carbocycles. The fourth-order valence-electron chi connectivity index (χ4n) is 1.93. The first-order valence-electron chi connectivity index (χ1n) is 6.86. The largest absolute Gasteiger partial charge is 0.339 e. The average molecular weight is 391 g/mol. The van der Waals surface area contributed by atoms with Gasteiger partial charge < -0.3 is 10.6 Å². The van der Waals surface area contributed by atoms with Gasteiger partial charge in [0, 0.05) is 20.9 Å². The van der Waals surface area contributed by atoms with Crippen LogP contribution in [0.5, 0.6) is 0 Å². The van der Waals surface area contributed by atoms with E-state index in [1.54, 1.807) is 18.3 Å². The van der Waals surface area contributed by atoms with E-state index in [4.69, 9.17) is 11.6 Å². The fraction of sp³-hybridized carbons (Fsp3) is 0.0625. The van der Waals surface area contributed by atoms with Crippen molar-refractivity contribution in [1.29, 1.82) is 0 Å². The van der Waals surface area contributed by atoms with Crippen molar-refractivity contribution in [2.45, 2.75) is 6.92 Å². The lowest BCUT2D eigenvalue weighted by molar-refractivity contribution is 0.982. The lowest BCUT2D eigenvalue weighted by Gasteiger charge is -2.09. The number of rotatable bonds is 4. The molecule has 5 nitrogen and oxygen atoms in total. The number of nitrogens with zero attached hydrogens (tertiary/aromatic N) is 3. The van der Waals surface area contributed by atoms with E-state index >= 15 is 0 Å². The van der Waals surface area contributed by atoms with Crippen molar-refractivity contribution >= 4 is 50.7 Å². The second-order valence-electron chi connectivity index (χ2n) is 4.89. The Hall–Kier alpha value is -2.18. The van der Waals surface area contributed by atoms with Crippen LogP contribution in [0.3, 0.4) is 0 Å². The van der Waals surface area contributed by atoms with Gasteiger partial charge in [-0.15, -0.1) is 5.10 Å². The Morgan fingerprint density at radius 3 is 2.65 bits per heavy atom. The van der Waals surface area contributed by atoms with E-state index < -0.39 is 0 Å². The smallest absolute Gasteiger partial charge is 0.249 e. The van der Waals surface area contributed by atoms with Gasteiger partial charge in [-0.3, -0.25) is 0 Å². The number of nitrogens with one attached hydrogen (secondary N) is 2. The molecule has 3 rings (SSSR count). The third-order valence-electron chi connectivity index (χ3n) is 3.08. The van der Waals surface area contributed by atoms with Gasteiger partial charge in [0.25, 0.3) is 0 Å². The second-order valence-corrected chi connectivity index (χ2v) is 6.18. The van der Waals surface area contributed by atoms with Crippen molar-refractivity contribution < 1.29 is 0 Å². The van der Waals surface area contributed by atoms with Crippen LogP contribution in [0.1, 0.15) is 5.56 Å². The molecule has 2 N–H and O–H groups in total. The van der Waals surface area contributed by atoms with E-state index in [9.17, 15) is 0 Å². The summed E-state index contributed by atoms with van der Waals surface area (Å²) >= 11 is 9.48. The van der Waals surface area contributed by atoms with Crippen LogP contribution in [0.15, 0.2) is 53.1 Å². The van der Waals surface area contributed by atoms with Crippen molar-refractivity contribution in [3.8, 4) is 0 Å². The molecule has 0 aliphatic heterocycles. The Morgan fingerprint density at radius 2 is 1.87 bits per heavy atom. The van der Waals surface area contributed by atoms with Crippen LogP contribution in [0.2, 0.25) is 5.02 Å². The highest BCUT2D eigenvalue weighted by Gasteiger charge is 2.04. The molecule has 7 heteroatoms. The highest BCUT2D eigenvalue weighted by Crippen LogP contribution is 2.23. The first-order valence-corrected chi connectivity index (χ1v) is 8.03. The molecule has 0 saturated carbocycles. The maximum atomic E-state index is 5.96. The highest BCUT2D eigenvalue weighted by atomic mass is 79.9. The van der Waals surface area contributed by atoms with Gasteiger partial charge >= 0.3 is 0 Å². The molecule has 0 aliphatic rings. The number of hydrogen-bond acceptors (Lipinski definition) is 5. The zero-order valence-corrected chi connectivity index (χ0v) is 14.6. The summed E-state index contributed by atoms with van der Waals surface area (Å²) in [7, 11) is 0. The van der Waals surface area contributed by atoms with E-state index in [0.29, 0.717) is 16.8 Å². The highest BCUT2D eigenvalue weighted by molar-refractivity contribution is 9.10. The predicted molar refractivity (Wildman–Crippen MR) is 96.7 cm³/mol. The minimum absolute atomic E-state index is 0.392. The molecule has 1 aromatic heterocycles. The topological polar surface area (TPSA) is 62.7 Å². The SMILES string of the molecule is Cc1ccc(Nc2cnnc(Nc3cccc(Cl)c3)n2)cc1Br. The summed E-state index contributed by atoms with van der Waals surface area (Å²) in [6, 6.07) is 13.3. The Balaban J connectivity index is 1.78. The van der Waals surface area contributed by atoms with Gasteiger partial charge in [0.15, 0.2) is 5.82 Å². The van der Waals surface area contributed by atoms with Crippen LogP contribution in [0.4, 0.5) is 23.1 Å². The summed E-state index contributed by atoms with van der Waals surface area (Å²) in [6.07, 6.45) is 1.57. The third kappa shape index (κ3) is 4.18. The molecule has 1 heterocycles. The van der Waals surface area contributed by atoms with E-state index in [1.165, 1.54) is 5.56 Å². The number of hydrogen-bond donors (Lipinski definition) is 2.